The minimum atomic E-state index is -3.92. The molecule has 11 heteroatoms. The van der Waals surface area contributed by atoms with Gasteiger partial charge in [0.2, 0.25) is 0 Å². The van der Waals surface area contributed by atoms with Gasteiger partial charge in [0.15, 0.2) is 8.07 Å². The quantitative estimate of drug-likeness (QED) is 0.167. The molecule has 9 fully saturated rings. The molecular weight excluding hydrogens is 1060 g/mol. The molecule has 0 aromatic heterocycles. The van der Waals surface area contributed by atoms with Crippen LogP contribution in [-0.4, -0.2) is 65.0 Å². The fraction of sp³-hybridized carbons (Fsp3) is 0.984. The molecule has 426 valence electrons. The third-order valence-electron chi connectivity index (χ3n) is 23.1. The Bertz CT molecular complexity index is 1710. The van der Waals surface area contributed by atoms with E-state index in [1.807, 2.05) is 27.7 Å². The summed E-state index contributed by atoms with van der Waals surface area (Å²) in [6.45, 7) is 31.1. The maximum atomic E-state index is 12.1. The molecule has 1 saturated heterocycles. The van der Waals surface area contributed by atoms with Crippen LogP contribution in [0.1, 0.15) is 239 Å². The summed E-state index contributed by atoms with van der Waals surface area (Å²) in [5.41, 5.74) is 0.446. The van der Waals surface area contributed by atoms with E-state index in [-0.39, 0.29) is 82.5 Å². The molecule has 8 aliphatic carbocycles. The molecule has 5 nitrogen and oxygen atoms in total. The molecule has 17 atom stereocenters. The first kappa shape index (κ1) is 68.8. The van der Waals surface area contributed by atoms with E-state index in [1.54, 1.807) is 0 Å². The summed E-state index contributed by atoms with van der Waals surface area (Å²) in [7, 11) is -2.86. The van der Waals surface area contributed by atoms with Crippen LogP contribution in [0.3, 0.4) is 0 Å². The third kappa shape index (κ3) is 15.9. The van der Waals surface area contributed by atoms with E-state index in [1.165, 1.54) is 122 Å². The number of halogens is 4. The molecule has 1 heterocycles. The molecule has 0 amide bonds. The van der Waals surface area contributed by atoms with Crippen molar-refractivity contribution >= 4 is 13.9 Å². The van der Waals surface area contributed by atoms with Gasteiger partial charge in [-0.05, 0) is 269 Å². The second-order valence-corrected chi connectivity index (χ2v) is 35.0. The van der Waals surface area contributed by atoms with Gasteiger partial charge in [0.1, 0.15) is 5.78 Å². The van der Waals surface area contributed by atoms with Crippen LogP contribution in [-0.2, 0) is 9.53 Å². The molecule has 9 rings (SSSR count). The summed E-state index contributed by atoms with van der Waals surface area (Å²) in [6.07, 6.45) is 29.6. The van der Waals surface area contributed by atoms with Crippen molar-refractivity contribution in [3.63, 3.8) is 0 Å². The van der Waals surface area contributed by atoms with Crippen molar-refractivity contribution in [2.24, 2.45) is 92.7 Å². The van der Waals surface area contributed by atoms with Gasteiger partial charge in [-0.25, -0.2) is 0 Å². The van der Waals surface area contributed by atoms with E-state index in [0.29, 0.717) is 33.4 Å². The molecule has 0 radical (unpaired) electrons. The Morgan fingerprint density at radius 3 is 1.41 bits per heavy atom. The Kier molecular flexibility index (Phi) is 24.7. The summed E-state index contributed by atoms with van der Waals surface area (Å²) in [6, 6.07) is 0. The molecule has 3 N–H and O–H groups in total. The van der Waals surface area contributed by atoms with Gasteiger partial charge in [0.05, 0.1) is 16.8 Å². The minimum absolute atomic E-state index is 0. The maximum absolute atomic E-state index is 12.1. The molecule has 8 saturated carbocycles. The summed E-state index contributed by atoms with van der Waals surface area (Å²) < 4.78 is 39.8. The zero-order valence-electron chi connectivity index (χ0n) is 49.0. The van der Waals surface area contributed by atoms with E-state index in [9.17, 15) is 33.3 Å². The normalized spacial score (nSPS) is 41.6. The van der Waals surface area contributed by atoms with E-state index in [0.717, 1.165) is 130 Å². The fourth-order valence-electron chi connectivity index (χ4n) is 18.5. The first-order valence-corrected chi connectivity index (χ1v) is 33.0. The van der Waals surface area contributed by atoms with Gasteiger partial charge in [0.25, 0.3) is 0 Å². The van der Waals surface area contributed by atoms with Crippen LogP contribution in [0.4, 0.5) is 13.2 Å². The zero-order chi connectivity index (χ0) is 52.1. The zero-order valence-corrected chi connectivity index (χ0v) is 56.3. The number of aliphatic hydroxyl groups is 3. The molecule has 0 spiro atoms. The van der Waals surface area contributed by atoms with E-state index in [4.69, 9.17) is 4.74 Å². The molecule has 0 aromatic rings. The smallest absolute Gasteiger partial charge is 1.00 e. The Balaban J connectivity index is 0.000000391. The van der Waals surface area contributed by atoms with Crippen LogP contribution in [0.2, 0.25) is 19.6 Å². The second-order valence-electron chi connectivity index (χ2n) is 29.9. The molecular formula is C62H115CsF4O5Si. The molecule has 6 unspecified atom stereocenters. The van der Waals surface area contributed by atoms with Crippen LogP contribution in [0.5, 0.6) is 0 Å². The molecule has 73 heavy (non-hydrogen) atoms. The van der Waals surface area contributed by atoms with Crippen molar-refractivity contribution in [3.8, 4) is 0 Å². The SMILES string of the molecule is C.C1CCOC1.C[C@H](CCC(C)(C)O)[C@H]1CCC2C3CC[C@@H]4CC(=O)CC[C@]4(C)C3CC[C@@]21C.C[C@H](CCC(C)(C)O)[C@H]1CCC2C3CC[C@@H]4C[C@](C)(O)CC[C@]4(C)C3CC[C@@]21C.C[Si](C)(C)C(F)(F)F.[2HH].[Cs+].[F-]. The summed E-state index contributed by atoms with van der Waals surface area (Å²) >= 11 is 0. The summed E-state index contributed by atoms with van der Waals surface area (Å²) in [5, 5.41) is 31.1. The van der Waals surface area contributed by atoms with Crippen LogP contribution in [0.25, 0.3) is 0 Å². The van der Waals surface area contributed by atoms with Gasteiger partial charge >= 0.3 is 74.7 Å². The maximum Gasteiger partial charge on any atom is 1.00 e. The van der Waals surface area contributed by atoms with Crippen LogP contribution >= 0.6 is 0 Å². The predicted octanol–water partition coefficient (Wildman–Crippen LogP) is 11.1. The number of carbonyl (C=O) groups excluding carboxylic acids is 1. The van der Waals surface area contributed by atoms with E-state index >= 15 is 0 Å². The molecule has 1 aliphatic heterocycles. The van der Waals surface area contributed by atoms with E-state index < -0.39 is 30.7 Å². The number of hydrogen-bond acceptors (Lipinski definition) is 5. The Morgan fingerprint density at radius 2 is 1.03 bits per heavy atom. The van der Waals surface area contributed by atoms with Crippen molar-refractivity contribution in [2.45, 2.75) is 280 Å². The number of hydrogen-bond donors (Lipinski definition) is 3. The molecule has 9 aliphatic rings. The van der Waals surface area contributed by atoms with Gasteiger partial charge in [-0.2, -0.15) is 13.2 Å². The van der Waals surface area contributed by atoms with Gasteiger partial charge in [-0.1, -0.05) is 68.6 Å². The summed E-state index contributed by atoms with van der Waals surface area (Å²) in [5.74, 6) is 6.52. The first-order valence-electron chi connectivity index (χ1n) is 29.5. The first-order chi connectivity index (χ1) is 32.2. The number of ketones is 1. The Labute approximate surface area is 507 Å². The van der Waals surface area contributed by atoms with Gasteiger partial charge in [-0.15, -0.1) is 0 Å². The number of carbonyl (C=O) groups is 1. The largest absolute Gasteiger partial charge is 1.00 e. The van der Waals surface area contributed by atoms with Crippen LogP contribution in [0, 0.1) is 92.7 Å². The van der Waals surface area contributed by atoms with Crippen molar-refractivity contribution in [1.82, 2.24) is 0 Å². The Hall–Kier alpha value is 1.50. The average Bonchev–Trinajstić information content (AvgIpc) is 4.02. The standard InChI is InChI=1S/C27H48O2.C26H44O2.C4H9F3Si.C4H8O.CH4.Cs.FH.H2/c1-18(11-13-24(2,3)28)21-9-10-22-20-8-7-19-17-25(4,29)15-16-26(19,5)23(20)12-14-27(21,22)6;1-17(10-13-24(2,3)28)21-8-9-22-20-7-6-18-16-19(27)11-14-25(18,4)23(20)12-15-26(21,22)5;1-8(2,3)4(5,6)7;1-2-4-5-3-1;;;;/h18-23,28-29H,7-17H2,1-6H3;17-18,20-23,28H,6-16H2,1-5H3;1-3H3;1-4H2;1H4;;2*1H/q;;;;;+1;;/p-1/t18-,19-,20?,21-,22?,23?,25-,26+,27-;17-,18-,20?,21-,22?,23?,25+,26-;;;;;;/m11....../s1/i;;;;;;;1+1. The monoisotopic (exact) mass is 1180 g/mol. The number of alkyl halides is 3. The second kappa shape index (κ2) is 26.2. The van der Waals surface area contributed by atoms with Gasteiger partial charge in [-0.3, -0.25) is 4.79 Å². The van der Waals surface area contributed by atoms with Crippen LogP contribution < -0.4 is 73.6 Å². The predicted molar refractivity (Wildman–Crippen MR) is 294 cm³/mol. The number of rotatable bonds is 8. The van der Waals surface area contributed by atoms with Crippen molar-refractivity contribution < 1.29 is 113 Å². The van der Waals surface area contributed by atoms with Crippen LogP contribution in [0.15, 0.2) is 0 Å². The number of fused-ring (bicyclic) bond motifs is 10. The third-order valence-corrected chi connectivity index (χ3v) is 24.8. The summed E-state index contributed by atoms with van der Waals surface area (Å²) in [4.78, 5) is 12.1. The molecule has 0 bridgehead atoms. The molecule has 0 aromatic carbocycles. The minimum Gasteiger partial charge on any atom is -1.00 e. The van der Waals surface area contributed by atoms with Gasteiger partial charge < -0.3 is 24.8 Å². The van der Waals surface area contributed by atoms with Crippen molar-refractivity contribution in [3.05, 3.63) is 0 Å². The topological polar surface area (TPSA) is 87.0 Å². The van der Waals surface area contributed by atoms with Crippen molar-refractivity contribution in [2.75, 3.05) is 13.2 Å². The number of ether oxygens (including phenoxy) is 1. The average molecular weight is 1180 g/mol. The number of Topliss-reactive ketones (excluding diaryl/α,β-unsaturated/α-hetero) is 1. The fourth-order valence-corrected chi connectivity index (χ4v) is 18.5. The Morgan fingerprint density at radius 1 is 0.630 bits per heavy atom. The van der Waals surface area contributed by atoms with E-state index in [2.05, 4.69) is 48.5 Å². The van der Waals surface area contributed by atoms with Crippen molar-refractivity contribution in [1.29, 1.82) is 0 Å². The van der Waals surface area contributed by atoms with Gasteiger partial charge in [0, 0.05) is 27.5 Å².